The second kappa shape index (κ2) is 12.6. The molecule has 1 saturated carbocycles. The zero-order valence-electron chi connectivity index (χ0n) is 22.3. The van der Waals surface area contributed by atoms with Crippen molar-refractivity contribution in [3.63, 3.8) is 0 Å². The highest BCUT2D eigenvalue weighted by Gasteiger charge is 2.34. The fourth-order valence-corrected chi connectivity index (χ4v) is 5.29. The van der Waals surface area contributed by atoms with Gasteiger partial charge in [0.25, 0.3) is 11.9 Å². The summed E-state index contributed by atoms with van der Waals surface area (Å²) in [6, 6.07) is 16.9. The van der Waals surface area contributed by atoms with Crippen molar-refractivity contribution >= 4 is 40.9 Å². The molecule has 3 amide bonds. The molecule has 0 aliphatic heterocycles. The van der Waals surface area contributed by atoms with E-state index in [1.807, 2.05) is 24.3 Å². The molecule has 0 radical (unpaired) electrons. The fourth-order valence-electron chi connectivity index (χ4n) is 5.01. The van der Waals surface area contributed by atoms with Crippen LogP contribution in [0.5, 0.6) is 0 Å². The highest BCUT2D eigenvalue weighted by Crippen LogP contribution is 2.38. The molecule has 1 heterocycles. The SMILES string of the molecule is O=C(Nc1nn[nH]n1)c1ccc(CN(C(=O)Nc2cccc(C(F)(F)F)c2Cl)c2ccc(C3CCCCC3)cc2)cc1. The summed E-state index contributed by atoms with van der Waals surface area (Å²) in [6.07, 6.45) is 1.15. The second-order valence-corrected chi connectivity index (χ2v) is 10.4. The summed E-state index contributed by atoms with van der Waals surface area (Å²) in [7, 11) is 0. The molecule has 1 aliphatic rings. The smallest absolute Gasteiger partial charge is 0.306 e. The summed E-state index contributed by atoms with van der Waals surface area (Å²) in [5, 5.41) is 17.4. The van der Waals surface area contributed by atoms with E-state index in [-0.39, 0.29) is 18.2 Å². The van der Waals surface area contributed by atoms with Crippen LogP contribution in [0.4, 0.5) is 35.3 Å². The van der Waals surface area contributed by atoms with Gasteiger partial charge in [0, 0.05) is 11.3 Å². The van der Waals surface area contributed by atoms with Crippen molar-refractivity contribution in [3.05, 3.63) is 94.0 Å². The number of tetrazole rings is 1. The monoisotopic (exact) mass is 597 g/mol. The molecule has 3 N–H and O–H groups in total. The lowest BCUT2D eigenvalue weighted by atomic mass is 9.84. The Kier molecular flexibility index (Phi) is 8.72. The first-order chi connectivity index (χ1) is 20.2. The Bertz CT molecular complexity index is 1520. The average molecular weight is 598 g/mol. The highest BCUT2D eigenvalue weighted by atomic mass is 35.5. The van der Waals surface area contributed by atoms with Gasteiger partial charge in [0.2, 0.25) is 0 Å². The zero-order chi connectivity index (χ0) is 29.7. The number of alkyl halides is 3. The molecule has 5 rings (SSSR count). The van der Waals surface area contributed by atoms with Gasteiger partial charge >= 0.3 is 12.2 Å². The summed E-state index contributed by atoms with van der Waals surface area (Å²) in [6.45, 7) is 0.0674. The van der Waals surface area contributed by atoms with Crippen molar-refractivity contribution in [1.29, 1.82) is 0 Å². The number of carbonyl (C=O) groups excluding carboxylic acids is 2. The van der Waals surface area contributed by atoms with E-state index in [9.17, 15) is 22.8 Å². The van der Waals surface area contributed by atoms with Gasteiger partial charge in [-0.15, -0.1) is 5.10 Å². The van der Waals surface area contributed by atoms with Gasteiger partial charge in [0.1, 0.15) is 0 Å². The lowest BCUT2D eigenvalue weighted by Gasteiger charge is -2.26. The molecule has 1 aromatic heterocycles. The predicted octanol–water partition coefficient (Wildman–Crippen LogP) is 7.41. The van der Waals surface area contributed by atoms with E-state index in [1.54, 1.807) is 24.3 Å². The number of carbonyl (C=O) groups is 2. The number of nitrogens with zero attached hydrogens (tertiary/aromatic N) is 4. The number of hydrogen-bond donors (Lipinski definition) is 3. The van der Waals surface area contributed by atoms with Gasteiger partial charge < -0.3 is 5.32 Å². The van der Waals surface area contributed by atoms with E-state index in [0.29, 0.717) is 22.7 Å². The summed E-state index contributed by atoms with van der Waals surface area (Å²) < 4.78 is 40.2. The maximum atomic E-state index is 13.6. The molecule has 42 heavy (non-hydrogen) atoms. The molecule has 9 nitrogen and oxygen atoms in total. The van der Waals surface area contributed by atoms with Gasteiger partial charge in [-0.25, -0.2) is 4.79 Å². The molecule has 0 spiro atoms. The van der Waals surface area contributed by atoms with E-state index in [4.69, 9.17) is 11.6 Å². The van der Waals surface area contributed by atoms with Crippen LogP contribution in [-0.4, -0.2) is 32.6 Å². The lowest BCUT2D eigenvalue weighted by molar-refractivity contribution is -0.137. The Morgan fingerprint density at radius 2 is 1.67 bits per heavy atom. The molecule has 0 atom stereocenters. The molecule has 4 aromatic rings. The number of hydrogen-bond acceptors (Lipinski definition) is 5. The third-order valence-corrected chi connectivity index (χ3v) is 7.61. The van der Waals surface area contributed by atoms with Crippen molar-refractivity contribution in [2.45, 2.75) is 50.7 Å². The summed E-state index contributed by atoms with van der Waals surface area (Å²) >= 11 is 6.05. The summed E-state index contributed by atoms with van der Waals surface area (Å²) in [4.78, 5) is 27.4. The minimum atomic E-state index is -4.68. The molecule has 1 aliphatic carbocycles. The second-order valence-electron chi connectivity index (χ2n) is 9.99. The topological polar surface area (TPSA) is 116 Å². The number of benzene rings is 3. The van der Waals surface area contributed by atoms with E-state index in [0.717, 1.165) is 18.9 Å². The molecule has 3 aromatic carbocycles. The number of nitrogens with one attached hydrogen (secondary N) is 3. The molecular weight excluding hydrogens is 571 g/mol. The van der Waals surface area contributed by atoms with Crippen molar-refractivity contribution in [3.8, 4) is 0 Å². The summed E-state index contributed by atoms with van der Waals surface area (Å²) in [5.41, 5.74) is 1.54. The standard InChI is InChI=1S/C29H27ClF3N7O2/c30-25-23(29(31,32)33)7-4-8-24(25)34-28(42)40(22-15-13-20(14-16-22)19-5-2-1-3-6-19)17-18-9-11-21(12-10-18)26(41)35-27-36-38-39-37-27/h4,7-16,19H,1-3,5-6,17H2,(H,34,42)(H2,35,36,37,38,39,41). The Balaban J connectivity index is 1.39. The van der Waals surface area contributed by atoms with E-state index < -0.39 is 28.7 Å². The minimum Gasteiger partial charge on any atom is -0.306 e. The first kappa shape index (κ1) is 29.1. The predicted molar refractivity (Wildman–Crippen MR) is 152 cm³/mol. The molecule has 1 fully saturated rings. The van der Waals surface area contributed by atoms with Crippen LogP contribution in [0, 0.1) is 0 Å². The number of aromatic amines is 1. The van der Waals surface area contributed by atoms with Gasteiger partial charge in [-0.3, -0.25) is 15.0 Å². The lowest BCUT2D eigenvalue weighted by Crippen LogP contribution is -2.34. The number of rotatable bonds is 7. The minimum absolute atomic E-state index is 0.0249. The first-order valence-electron chi connectivity index (χ1n) is 13.4. The summed E-state index contributed by atoms with van der Waals surface area (Å²) in [5.74, 6) is 0.0389. The molecule has 13 heteroatoms. The van der Waals surface area contributed by atoms with E-state index in [1.165, 1.54) is 41.9 Å². The van der Waals surface area contributed by atoms with Gasteiger partial charge in [-0.1, -0.05) is 66.3 Å². The fraction of sp³-hybridized carbons (Fsp3) is 0.276. The largest absolute Gasteiger partial charge is 0.417 e. The quantitative estimate of drug-likeness (QED) is 0.205. The van der Waals surface area contributed by atoms with E-state index >= 15 is 0 Å². The van der Waals surface area contributed by atoms with Crippen LogP contribution < -0.4 is 15.5 Å². The van der Waals surface area contributed by atoms with Crippen LogP contribution >= 0.6 is 11.6 Å². The normalized spacial score (nSPS) is 13.9. The van der Waals surface area contributed by atoms with Crippen molar-refractivity contribution in [1.82, 2.24) is 20.6 Å². The van der Waals surface area contributed by atoms with Crippen molar-refractivity contribution < 1.29 is 22.8 Å². The average Bonchev–Trinajstić information content (AvgIpc) is 3.50. The number of amides is 3. The van der Waals surface area contributed by atoms with Crippen molar-refractivity contribution in [2.24, 2.45) is 0 Å². The number of urea groups is 1. The van der Waals surface area contributed by atoms with Crippen LogP contribution in [0.15, 0.2) is 66.7 Å². The van der Waals surface area contributed by atoms with Crippen LogP contribution in [0.2, 0.25) is 5.02 Å². The van der Waals surface area contributed by atoms with Gasteiger partial charge in [-0.2, -0.15) is 18.4 Å². The van der Waals surface area contributed by atoms with E-state index in [2.05, 4.69) is 31.3 Å². The third kappa shape index (κ3) is 6.88. The Labute approximate surface area is 244 Å². The number of halogens is 4. The molecular formula is C29H27ClF3N7O2. The maximum Gasteiger partial charge on any atom is 0.417 e. The number of H-pyrrole nitrogens is 1. The van der Waals surface area contributed by atoms with Gasteiger partial charge in [0.05, 0.1) is 22.8 Å². The highest BCUT2D eigenvalue weighted by molar-refractivity contribution is 6.34. The number of anilines is 3. The zero-order valence-corrected chi connectivity index (χ0v) is 23.0. The van der Waals surface area contributed by atoms with Crippen LogP contribution in [0.25, 0.3) is 0 Å². The molecule has 0 saturated heterocycles. The molecule has 0 unspecified atom stereocenters. The molecule has 218 valence electrons. The van der Waals surface area contributed by atoms with Gasteiger partial charge in [0.15, 0.2) is 0 Å². The third-order valence-electron chi connectivity index (χ3n) is 7.20. The van der Waals surface area contributed by atoms with Gasteiger partial charge in [-0.05, 0) is 71.5 Å². The van der Waals surface area contributed by atoms with Crippen LogP contribution in [-0.2, 0) is 12.7 Å². The Hall–Kier alpha value is -4.45. The maximum absolute atomic E-state index is 13.6. The first-order valence-corrected chi connectivity index (χ1v) is 13.7. The Morgan fingerprint density at radius 3 is 2.31 bits per heavy atom. The Morgan fingerprint density at radius 1 is 0.952 bits per heavy atom. The van der Waals surface area contributed by atoms with Crippen LogP contribution in [0.3, 0.4) is 0 Å². The van der Waals surface area contributed by atoms with Crippen molar-refractivity contribution in [2.75, 3.05) is 15.5 Å². The molecule has 0 bridgehead atoms. The van der Waals surface area contributed by atoms with Crippen LogP contribution in [0.1, 0.15) is 65.1 Å². The number of aromatic nitrogens is 4.